The second-order valence-corrected chi connectivity index (χ2v) is 7.14. The van der Waals surface area contributed by atoms with E-state index >= 15 is 0 Å². The molecule has 7 heteroatoms. The fraction of sp³-hybridized carbons (Fsp3) is 0.400. The van der Waals surface area contributed by atoms with Gasteiger partial charge in [0.15, 0.2) is 0 Å². The molecule has 1 atom stereocenters. The van der Waals surface area contributed by atoms with Crippen molar-refractivity contribution < 1.29 is 17.9 Å². The maximum atomic E-state index is 13.0. The summed E-state index contributed by atoms with van der Waals surface area (Å²) in [7, 11) is 0. The van der Waals surface area contributed by atoms with E-state index in [1.165, 1.54) is 0 Å². The second kappa shape index (κ2) is 8.40. The van der Waals surface area contributed by atoms with E-state index in [-0.39, 0.29) is 17.0 Å². The molecule has 0 aliphatic heterocycles. The van der Waals surface area contributed by atoms with Crippen LogP contribution in [0.5, 0.6) is 5.88 Å². The molecule has 144 valence electrons. The molecule has 1 N–H and O–H groups in total. The Hall–Kier alpha value is -2.59. The Morgan fingerprint density at radius 1 is 1.11 bits per heavy atom. The molecule has 0 aliphatic rings. The zero-order valence-electron chi connectivity index (χ0n) is 15.5. The van der Waals surface area contributed by atoms with Crippen LogP contribution in [0.15, 0.2) is 42.5 Å². The summed E-state index contributed by atoms with van der Waals surface area (Å²) in [6.45, 7) is 6.65. The maximum absolute atomic E-state index is 13.0. The predicted octanol–water partition coefficient (Wildman–Crippen LogP) is 4.87. The zero-order valence-corrected chi connectivity index (χ0v) is 15.5. The van der Waals surface area contributed by atoms with E-state index in [4.69, 9.17) is 4.74 Å². The van der Waals surface area contributed by atoms with E-state index < -0.39 is 18.0 Å². The summed E-state index contributed by atoms with van der Waals surface area (Å²) < 4.78 is 44.8. The van der Waals surface area contributed by atoms with Crippen LogP contribution in [0.3, 0.4) is 0 Å². The Morgan fingerprint density at radius 2 is 1.78 bits per heavy atom. The molecule has 2 aromatic rings. The van der Waals surface area contributed by atoms with Crippen molar-refractivity contribution in [1.82, 2.24) is 10.3 Å². The van der Waals surface area contributed by atoms with Gasteiger partial charge in [0, 0.05) is 12.0 Å². The smallest absolute Gasteiger partial charge is 0.433 e. The third kappa shape index (κ3) is 6.26. The third-order valence-corrected chi connectivity index (χ3v) is 3.76. The number of halogens is 3. The lowest BCUT2D eigenvalue weighted by molar-refractivity contribution is -0.141. The van der Waals surface area contributed by atoms with E-state index in [0.717, 1.165) is 17.7 Å². The van der Waals surface area contributed by atoms with E-state index in [1.807, 2.05) is 57.2 Å². The van der Waals surface area contributed by atoms with E-state index in [0.29, 0.717) is 13.0 Å². The van der Waals surface area contributed by atoms with Gasteiger partial charge in [0.25, 0.3) is 0 Å². The number of nitrogens with one attached hydrogen (secondary N) is 1. The lowest BCUT2D eigenvalue weighted by Crippen LogP contribution is -2.37. The average molecular weight is 377 g/mol. The molecule has 0 saturated carbocycles. The van der Waals surface area contributed by atoms with Gasteiger partial charge in [-0.15, -0.1) is 0 Å². The van der Waals surface area contributed by atoms with Crippen molar-refractivity contribution >= 4 is 0 Å². The molecule has 0 radical (unpaired) electrons. The van der Waals surface area contributed by atoms with Crippen molar-refractivity contribution in [3.8, 4) is 11.9 Å². The average Bonchev–Trinajstić information content (AvgIpc) is 2.59. The lowest BCUT2D eigenvalue weighted by Gasteiger charge is -2.24. The van der Waals surface area contributed by atoms with Gasteiger partial charge in [0.1, 0.15) is 23.4 Å². The fourth-order valence-electron chi connectivity index (χ4n) is 2.45. The molecule has 1 aromatic carbocycles. The highest BCUT2D eigenvalue weighted by Crippen LogP contribution is 2.32. The number of alkyl halides is 3. The number of aromatic nitrogens is 1. The molecular formula is C20H22F3N3O. The number of hydrogen-bond donors (Lipinski definition) is 1. The first-order valence-electron chi connectivity index (χ1n) is 8.55. The molecule has 0 saturated heterocycles. The highest BCUT2D eigenvalue weighted by Gasteiger charge is 2.33. The molecule has 4 nitrogen and oxygen atoms in total. The molecule has 0 fully saturated rings. The van der Waals surface area contributed by atoms with Crippen LogP contribution in [-0.2, 0) is 6.18 Å². The van der Waals surface area contributed by atoms with Gasteiger partial charge in [0.2, 0.25) is 5.88 Å². The van der Waals surface area contributed by atoms with Crippen LogP contribution in [0.1, 0.15) is 50.1 Å². The molecule has 2 rings (SSSR count). The van der Waals surface area contributed by atoms with Gasteiger partial charge in [-0.05, 0) is 45.0 Å². The lowest BCUT2D eigenvalue weighted by atomic mass is 10.0. The maximum Gasteiger partial charge on any atom is 0.433 e. The van der Waals surface area contributed by atoms with Crippen LogP contribution >= 0.6 is 0 Å². The van der Waals surface area contributed by atoms with Gasteiger partial charge in [0.05, 0.1) is 0 Å². The number of nitrogens with zero attached hydrogens (tertiary/aromatic N) is 2. The molecule has 0 spiro atoms. The molecule has 1 heterocycles. The van der Waals surface area contributed by atoms with Crippen LogP contribution in [-0.4, -0.2) is 17.1 Å². The minimum Gasteiger partial charge on any atom is -0.468 e. The van der Waals surface area contributed by atoms with Crippen LogP contribution in [0.25, 0.3) is 0 Å². The van der Waals surface area contributed by atoms with Gasteiger partial charge in [-0.1, -0.05) is 30.3 Å². The van der Waals surface area contributed by atoms with Crippen molar-refractivity contribution in [3.05, 3.63) is 59.3 Å². The van der Waals surface area contributed by atoms with Gasteiger partial charge in [-0.3, -0.25) is 0 Å². The van der Waals surface area contributed by atoms with Crippen molar-refractivity contribution in [2.24, 2.45) is 0 Å². The summed E-state index contributed by atoms with van der Waals surface area (Å²) in [6, 6.07) is 12.9. The summed E-state index contributed by atoms with van der Waals surface area (Å²) in [4.78, 5) is 3.55. The Morgan fingerprint density at radius 3 is 2.33 bits per heavy atom. The second-order valence-electron chi connectivity index (χ2n) is 7.14. The van der Waals surface area contributed by atoms with Crippen LogP contribution in [0, 0.1) is 11.3 Å². The Bertz CT molecular complexity index is 793. The summed E-state index contributed by atoms with van der Waals surface area (Å²) in [5.74, 6) is -0.308. The minimum absolute atomic E-state index is 0.0345. The largest absolute Gasteiger partial charge is 0.468 e. The Labute approximate surface area is 157 Å². The van der Waals surface area contributed by atoms with E-state index in [1.54, 1.807) is 0 Å². The first-order chi connectivity index (χ1) is 12.6. The third-order valence-electron chi connectivity index (χ3n) is 3.76. The van der Waals surface area contributed by atoms with Crippen LogP contribution in [0.4, 0.5) is 13.2 Å². The number of pyridine rings is 1. The fourth-order valence-corrected chi connectivity index (χ4v) is 2.45. The molecule has 0 aliphatic carbocycles. The van der Waals surface area contributed by atoms with Gasteiger partial charge < -0.3 is 10.1 Å². The van der Waals surface area contributed by atoms with Crippen molar-refractivity contribution in [2.75, 3.05) is 6.54 Å². The van der Waals surface area contributed by atoms with Gasteiger partial charge in [-0.2, -0.15) is 18.4 Å². The quantitative estimate of drug-likeness (QED) is 0.780. The monoisotopic (exact) mass is 377 g/mol. The normalized spacial score (nSPS) is 13.1. The SMILES string of the molecule is CC(C)(C)NCC[C@@H](Oc1nc(C(F)(F)F)ccc1C#N)c1ccccc1. The highest BCUT2D eigenvalue weighted by molar-refractivity contribution is 5.39. The minimum atomic E-state index is -4.61. The van der Waals surface area contributed by atoms with Gasteiger partial charge >= 0.3 is 6.18 Å². The molecule has 1 aromatic heterocycles. The molecule has 27 heavy (non-hydrogen) atoms. The number of benzene rings is 1. The topological polar surface area (TPSA) is 57.9 Å². The summed E-state index contributed by atoms with van der Waals surface area (Å²) in [5.41, 5.74) is -0.423. The van der Waals surface area contributed by atoms with Crippen molar-refractivity contribution in [1.29, 1.82) is 5.26 Å². The molecular weight excluding hydrogens is 355 g/mol. The van der Waals surface area contributed by atoms with Gasteiger partial charge in [-0.25, -0.2) is 4.98 Å². The number of ether oxygens (including phenoxy) is 1. The molecule has 0 bridgehead atoms. The van der Waals surface area contributed by atoms with Crippen molar-refractivity contribution in [2.45, 2.75) is 45.0 Å². The number of nitriles is 1. The Kier molecular flexibility index (Phi) is 6.45. The first kappa shape index (κ1) is 20.7. The Balaban J connectivity index is 2.30. The van der Waals surface area contributed by atoms with Crippen LogP contribution < -0.4 is 10.1 Å². The van der Waals surface area contributed by atoms with Crippen molar-refractivity contribution in [3.63, 3.8) is 0 Å². The summed E-state index contributed by atoms with van der Waals surface area (Å²) in [5, 5.41) is 12.5. The summed E-state index contributed by atoms with van der Waals surface area (Å²) in [6.07, 6.45) is -4.64. The van der Waals surface area contributed by atoms with E-state index in [2.05, 4.69) is 10.3 Å². The van der Waals surface area contributed by atoms with E-state index in [9.17, 15) is 18.4 Å². The standard InChI is InChI=1S/C20H22F3N3O/c1-19(2,3)25-12-11-16(14-7-5-4-6-8-14)27-18-15(13-24)9-10-17(26-18)20(21,22)23/h4-10,16,25H,11-12H2,1-3H3/t16-/m1/s1. The molecule has 0 unspecified atom stereocenters. The number of hydrogen-bond acceptors (Lipinski definition) is 4. The predicted molar refractivity (Wildman–Crippen MR) is 96.1 cm³/mol. The van der Waals surface area contributed by atoms with Crippen LogP contribution in [0.2, 0.25) is 0 Å². The molecule has 0 amide bonds. The zero-order chi connectivity index (χ0) is 20.1. The summed E-state index contributed by atoms with van der Waals surface area (Å²) >= 11 is 0. The number of rotatable bonds is 6. The highest BCUT2D eigenvalue weighted by atomic mass is 19.4. The first-order valence-corrected chi connectivity index (χ1v) is 8.55.